The first-order valence-corrected chi connectivity index (χ1v) is 7.23. The number of carboxylic acid groups (broad SMARTS) is 1. The molecule has 0 heterocycles. The van der Waals surface area contributed by atoms with Crippen LogP contribution in [-0.2, 0) is 9.59 Å². The first-order valence-electron chi connectivity index (χ1n) is 7.23. The van der Waals surface area contributed by atoms with E-state index in [2.05, 4.69) is 5.32 Å². The van der Waals surface area contributed by atoms with Crippen molar-refractivity contribution in [2.24, 2.45) is 0 Å². The van der Waals surface area contributed by atoms with E-state index in [0.717, 1.165) is 11.1 Å². The van der Waals surface area contributed by atoms with Crippen molar-refractivity contribution in [1.82, 2.24) is 0 Å². The van der Waals surface area contributed by atoms with Crippen LogP contribution in [0.4, 0.5) is 10.1 Å². The van der Waals surface area contributed by atoms with Crippen molar-refractivity contribution in [2.75, 3.05) is 5.32 Å². The number of hydrogen-bond donors (Lipinski definition) is 2. The summed E-state index contributed by atoms with van der Waals surface area (Å²) in [6, 6.07) is 10.8. The molecule has 4 nitrogen and oxygen atoms in total. The number of amides is 1. The second kappa shape index (κ2) is 7.05. The molecule has 2 N–H and O–H groups in total. The van der Waals surface area contributed by atoms with E-state index in [1.54, 1.807) is 0 Å². The quantitative estimate of drug-likeness (QED) is 0.885. The molecule has 120 valence electrons. The van der Waals surface area contributed by atoms with E-state index in [1.807, 2.05) is 32.0 Å². The van der Waals surface area contributed by atoms with Crippen LogP contribution in [0, 0.1) is 19.7 Å². The predicted molar refractivity (Wildman–Crippen MR) is 85.9 cm³/mol. The Morgan fingerprint density at radius 3 is 2.17 bits per heavy atom. The molecule has 0 saturated carbocycles. The van der Waals surface area contributed by atoms with Gasteiger partial charge >= 0.3 is 5.97 Å². The summed E-state index contributed by atoms with van der Waals surface area (Å²) in [5.41, 5.74) is 2.91. The zero-order valence-corrected chi connectivity index (χ0v) is 13.0. The summed E-state index contributed by atoms with van der Waals surface area (Å²) in [6.45, 7) is 3.74. The van der Waals surface area contributed by atoms with E-state index < -0.39 is 17.7 Å². The molecule has 1 unspecified atom stereocenters. The zero-order valence-electron chi connectivity index (χ0n) is 13.0. The van der Waals surface area contributed by atoms with Crippen LogP contribution in [0.1, 0.15) is 29.0 Å². The number of aryl methyl sites for hydroxylation is 2. The number of carbonyl (C=O) groups is 2. The number of hydrogen-bond acceptors (Lipinski definition) is 2. The number of nitrogens with one attached hydrogen (secondary N) is 1. The van der Waals surface area contributed by atoms with E-state index in [-0.39, 0.29) is 12.3 Å². The average Bonchev–Trinajstić information content (AvgIpc) is 2.49. The lowest BCUT2D eigenvalue weighted by Crippen LogP contribution is -2.21. The first-order chi connectivity index (χ1) is 10.9. The number of para-hydroxylation sites is 1. The molecule has 2 aromatic carbocycles. The van der Waals surface area contributed by atoms with Gasteiger partial charge in [0.05, 0.1) is 5.92 Å². The second-order valence-corrected chi connectivity index (χ2v) is 5.46. The molecule has 0 saturated heterocycles. The minimum Gasteiger partial charge on any atom is -0.481 e. The number of halogens is 1. The minimum absolute atomic E-state index is 0.214. The van der Waals surface area contributed by atoms with Gasteiger partial charge in [-0.1, -0.05) is 30.3 Å². The Hall–Kier alpha value is -2.69. The maximum absolute atomic E-state index is 13.0. The summed E-state index contributed by atoms with van der Waals surface area (Å²) in [5, 5.41) is 12.1. The normalized spacial score (nSPS) is 11.8. The maximum Gasteiger partial charge on any atom is 0.311 e. The second-order valence-electron chi connectivity index (χ2n) is 5.46. The fourth-order valence-corrected chi connectivity index (χ4v) is 2.43. The third-order valence-electron chi connectivity index (χ3n) is 3.71. The molecule has 0 aromatic heterocycles. The lowest BCUT2D eigenvalue weighted by molar-refractivity contribution is -0.140. The van der Waals surface area contributed by atoms with Gasteiger partial charge in [0.1, 0.15) is 5.82 Å². The van der Waals surface area contributed by atoms with Gasteiger partial charge in [-0.05, 0) is 42.7 Å². The fourth-order valence-electron chi connectivity index (χ4n) is 2.43. The van der Waals surface area contributed by atoms with Gasteiger partial charge in [-0.15, -0.1) is 0 Å². The van der Waals surface area contributed by atoms with Crippen LogP contribution in [0.5, 0.6) is 0 Å². The van der Waals surface area contributed by atoms with Crippen molar-refractivity contribution >= 4 is 17.6 Å². The minimum atomic E-state index is -1.12. The summed E-state index contributed by atoms with van der Waals surface area (Å²) in [7, 11) is 0. The molecular weight excluding hydrogens is 297 g/mol. The highest BCUT2D eigenvalue weighted by molar-refractivity contribution is 5.95. The predicted octanol–water partition coefficient (Wildman–Crippen LogP) is 3.64. The molecule has 0 bridgehead atoms. The zero-order chi connectivity index (χ0) is 17.0. The molecule has 0 aliphatic heterocycles. The standard InChI is InChI=1S/C18H18FNO3/c1-11-4-3-5-12(2)17(11)20-16(21)10-15(18(22)23)13-6-8-14(19)9-7-13/h3-9,15H,10H2,1-2H3,(H,20,21)(H,22,23). The highest BCUT2D eigenvalue weighted by Crippen LogP contribution is 2.24. The van der Waals surface area contributed by atoms with Gasteiger partial charge in [0.2, 0.25) is 5.91 Å². The Kier molecular flexibility index (Phi) is 5.11. The molecular formula is C18H18FNO3. The first kappa shape index (κ1) is 16.7. The highest BCUT2D eigenvalue weighted by Gasteiger charge is 2.23. The number of rotatable bonds is 5. The Labute approximate surface area is 134 Å². The molecule has 0 aliphatic carbocycles. The lowest BCUT2D eigenvalue weighted by Gasteiger charge is -2.15. The van der Waals surface area contributed by atoms with E-state index in [9.17, 15) is 19.1 Å². The summed E-state index contributed by atoms with van der Waals surface area (Å²) in [5.74, 6) is -2.97. The number of anilines is 1. The summed E-state index contributed by atoms with van der Waals surface area (Å²) >= 11 is 0. The van der Waals surface area contributed by atoms with E-state index in [4.69, 9.17) is 0 Å². The van der Waals surface area contributed by atoms with Crippen LogP contribution in [0.3, 0.4) is 0 Å². The van der Waals surface area contributed by atoms with Gasteiger partial charge in [0, 0.05) is 12.1 Å². The fraction of sp³-hybridized carbons (Fsp3) is 0.222. The van der Waals surface area contributed by atoms with Crippen LogP contribution >= 0.6 is 0 Å². The molecule has 0 aliphatic rings. The van der Waals surface area contributed by atoms with E-state index in [1.165, 1.54) is 24.3 Å². The number of aliphatic carboxylic acids is 1. The van der Waals surface area contributed by atoms with Crippen molar-refractivity contribution in [1.29, 1.82) is 0 Å². The molecule has 0 radical (unpaired) electrons. The smallest absolute Gasteiger partial charge is 0.311 e. The van der Waals surface area contributed by atoms with Gasteiger partial charge in [-0.2, -0.15) is 0 Å². The van der Waals surface area contributed by atoms with Crippen LogP contribution < -0.4 is 5.32 Å². The van der Waals surface area contributed by atoms with Gasteiger partial charge in [-0.25, -0.2) is 4.39 Å². The van der Waals surface area contributed by atoms with E-state index in [0.29, 0.717) is 11.3 Å². The van der Waals surface area contributed by atoms with Gasteiger partial charge in [0.15, 0.2) is 0 Å². The third kappa shape index (κ3) is 4.16. The Balaban J connectivity index is 2.16. The molecule has 0 fully saturated rings. The number of carbonyl (C=O) groups excluding carboxylic acids is 1. The van der Waals surface area contributed by atoms with Crippen molar-refractivity contribution in [3.05, 3.63) is 65.0 Å². The van der Waals surface area contributed by atoms with Crippen molar-refractivity contribution < 1.29 is 19.1 Å². The molecule has 1 atom stereocenters. The van der Waals surface area contributed by atoms with Crippen molar-refractivity contribution in [3.63, 3.8) is 0 Å². The maximum atomic E-state index is 13.0. The Bertz CT molecular complexity index is 705. The monoisotopic (exact) mass is 315 g/mol. The molecule has 0 spiro atoms. The lowest BCUT2D eigenvalue weighted by atomic mass is 9.95. The summed E-state index contributed by atoms with van der Waals surface area (Å²) in [6.07, 6.45) is -0.214. The number of carboxylic acids is 1. The molecule has 23 heavy (non-hydrogen) atoms. The summed E-state index contributed by atoms with van der Waals surface area (Å²) < 4.78 is 13.0. The molecule has 5 heteroatoms. The molecule has 1 amide bonds. The molecule has 2 aromatic rings. The van der Waals surface area contributed by atoms with Crippen LogP contribution in [0.25, 0.3) is 0 Å². The SMILES string of the molecule is Cc1cccc(C)c1NC(=O)CC(C(=O)O)c1ccc(F)cc1. The Morgan fingerprint density at radius 2 is 1.65 bits per heavy atom. The third-order valence-corrected chi connectivity index (χ3v) is 3.71. The molecule has 2 rings (SSSR count). The van der Waals surface area contributed by atoms with Crippen LogP contribution in [0.15, 0.2) is 42.5 Å². The van der Waals surface area contributed by atoms with Gasteiger partial charge < -0.3 is 10.4 Å². The topological polar surface area (TPSA) is 66.4 Å². The van der Waals surface area contributed by atoms with Crippen LogP contribution in [0.2, 0.25) is 0 Å². The van der Waals surface area contributed by atoms with Crippen molar-refractivity contribution in [2.45, 2.75) is 26.2 Å². The largest absolute Gasteiger partial charge is 0.481 e. The number of benzene rings is 2. The van der Waals surface area contributed by atoms with Crippen molar-refractivity contribution in [3.8, 4) is 0 Å². The highest BCUT2D eigenvalue weighted by atomic mass is 19.1. The Morgan fingerprint density at radius 1 is 1.09 bits per heavy atom. The average molecular weight is 315 g/mol. The van der Waals surface area contributed by atoms with Gasteiger partial charge in [-0.3, -0.25) is 9.59 Å². The summed E-state index contributed by atoms with van der Waals surface area (Å²) in [4.78, 5) is 23.7. The van der Waals surface area contributed by atoms with Gasteiger partial charge in [0.25, 0.3) is 0 Å². The van der Waals surface area contributed by atoms with E-state index >= 15 is 0 Å². The van der Waals surface area contributed by atoms with Crippen LogP contribution in [-0.4, -0.2) is 17.0 Å².